The SMILES string of the molecule is Cn1c(-c2cc(Br)cs2)cnc1CCC(=O)O. The lowest BCUT2D eigenvalue weighted by Gasteiger charge is -2.03. The molecule has 4 nitrogen and oxygen atoms in total. The van der Waals surface area contributed by atoms with E-state index in [1.54, 1.807) is 17.5 Å². The number of aromatic nitrogens is 2. The second-order valence-corrected chi connectivity index (χ2v) is 5.47. The maximum absolute atomic E-state index is 10.5. The second kappa shape index (κ2) is 5.01. The van der Waals surface area contributed by atoms with E-state index in [-0.39, 0.29) is 6.42 Å². The largest absolute Gasteiger partial charge is 0.481 e. The van der Waals surface area contributed by atoms with Crippen molar-refractivity contribution in [1.29, 1.82) is 0 Å². The molecule has 2 aromatic heterocycles. The Morgan fingerprint density at radius 2 is 2.41 bits per heavy atom. The standard InChI is InChI=1S/C11H11BrN2O2S/c1-14-8(9-4-7(12)6-17-9)5-13-10(14)2-3-11(15)16/h4-6H,2-3H2,1H3,(H,15,16). The molecule has 0 aliphatic heterocycles. The summed E-state index contributed by atoms with van der Waals surface area (Å²) in [4.78, 5) is 15.9. The van der Waals surface area contributed by atoms with Crippen molar-refractivity contribution in [3.8, 4) is 10.6 Å². The lowest BCUT2D eigenvalue weighted by molar-refractivity contribution is -0.137. The lowest BCUT2D eigenvalue weighted by Crippen LogP contribution is -2.03. The van der Waals surface area contributed by atoms with E-state index in [0.29, 0.717) is 6.42 Å². The summed E-state index contributed by atoms with van der Waals surface area (Å²) in [5.41, 5.74) is 1.01. The van der Waals surface area contributed by atoms with Crippen LogP contribution in [-0.4, -0.2) is 20.6 Å². The first-order chi connectivity index (χ1) is 8.08. The highest BCUT2D eigenvalue weighted by Crippen LogP contribution is 2.30. The number of nitrogens with zero attached hydrogens (tertiary/aromatic N) is 2. The number of carboxylic acids is 1. The smallest absolute Gasteiger partial charge is 0.303 e. The molecule has 6 heteroatoms. The van der Waals surface area contributed by atoms with Crippen LogP contribution < -0.4 is 0 Å². The molecule has 90 valence electrons. The van der Waals surface area contributed by atoms with Gasteiger partial charge in [-0.1, -0.05) is 0 Å². The average molecular weight is 315 g/mol. The minimum Gasteiger partial charge on any atom is -0.481 e. The maximum atomic E-state index is 10.5. The Bertz CT molecular complexity index is 547. The van der Waals surface area contributed by atoms with Crippen molar-refractivity contribution >= 4 is 33.2 Å². The van der Waals surface area contributed by atoms with Crippen LogP contribution in [0.25, 0.3) is 10.6 Å². The highest BCUT2D eigenvalue weighted by molar-refractivity contribution is 9.10. The fourth-order valence-electron chi connectivity index (χ4n) is 1.58. The number of carbonyl (C=O) groups is 1. The minimum atomic E-state index is -0.798. The Morgan fingerprint density at radius 3 is 3.00 bits per heavy atom. The molecular weight excluding hydrogens is 304 g/mol. The van der Waals surface area contributed by atoms with Gasteiger partial charge in [-0.25, -0.2) is 4.98 Å². The molecule has 0 atom stereocenters. The predicted octanol–water partition coefficient (Wildman–Crippen LogP) is 2.93. The number of aryl methyl sites for hydroxylation is 1. The van der Waals surface area contributed by atoms with Crippen LogP contribution >= 0.6 is 27.3 Å². The van der Waals surface area contributed by atoms with Crippen LogP contribution in [-0.2, 0) is 18.3 Å². The van der Waals surface area contributed by atoms with E-state index in [9.17, 15) is 4.79 Å². The van der Waals surface area contributed by atoms with E-state index in [4.69, 9.17) is 5.11 Å². The molecule has 2 rings (SSSR count). The van der Waals surface area contributed by atoms with Crippen molar-refractivity contribution in [2.75, 3.05) is 0 Å². The van der Waals surface area contributed by atoms with E-state index >= 15 is 0 Å². The number of hydrogen-bond acceptors (Lipinski definition) is 3. The number of thiophene rings is 1. The summed E-state index contributed by atoms with van der Waals surface area (Å²) >= 11 is 5.04. The molecule has 0 unspecified atom stereocenters. The lowest BCUT2D eigenvalue weighted by atomic mass is 10.3. The van der Waals surface area contributed by atoms with Crippen LogP contribution in [0.2, 0.25) is 0 Å². The first kappa shape index (κ1) is 12.3. The molecule has 17 heavy (non-hydrogen) atoms. The Labute approximate surface area is 111 Å². The summed E-state index contributed by atoms with van der Waals surface area (Å²) in [6, 6.07) is 2.03. The van der Waals surface area contributed by atoms with Gasteiger partial charge in [0.05, 0.1) is 23.2 Å². The number of hydrogen-bond donors (Lipinski definition) is 1. The number of imidazole rings is 1. The van der Waals surface area contributed by atoms with Crippen molar-refractivity contribution in [3.63, 3.8) is 0 Å². The summed E-state index contributed by atoms with van der Waals surface area (Å²) in [7, 11) is 1.91. The topological polar surface area (TPSA) is 55.1 Å². The molecule has 0 saturated carbocycles. The molecule has 0 aliphatic rings. The molecule has 0 aromatic carbocycles. The van der Waals surface area contributed by atoms with Gasteiger partial charge < -0.3 is 9.67 Å². The summed E-state index contributed by atoms with van der Waals surface area (Å²) < 4.78 is 2.99. The van der Waals surface area contributed by atoms with Crippen LogP contribution in [0.1, 0.15) is 12.2 Å². The number of carboxylic acid groups (broad SMARTS) is 1. The monoisotopic (exact) mass is 314 g/mol. The Balaban J connectivity index is 2.23. The average Bonchev–Trinajstić information content (AvgIpc) is 2.82. The van der Waals surface area contributed by atoms with Crippen molar-refractivity contribution in [2.24, 2.45) is 7.05 Å². The van der Waals surface area contributed by atoms with Crippen molar-refractivity contribution in [1.82, 2.24) is 9.55 Å². The molecular formula is C11H11BrN2O2S. The molecule has 2 heterocycles. The van der Waals surface area contributed by atoms with Gasteiger partial charge in [-0.2, -0.15) is 0 Å². The molecule has 0 amide bonds. The Hall–Kier alpha value is -1.14. The molecule has 0 radical (unpaired) electrons. The van der Waals surface area contributed by atoms with Gasteiger partial charge in [-0.05, 0) is 22.0 Å². The van der Waals surface area contributed by atoms with E-state index < -0.39 is 5.97 Å². The third-order valence-corrected chi connectivity index (χ3v) is 4.18. The summed E-state index contributed by atoms with van der Waals surface area (Å²) in [5.74, 6) is 0.000315. The molecule has 0 bridgehead atoms. The normalized spacial score (nSPS) is 10.7. The van der Waals surface area contributed by atoms with Crippen molar-refractivity contribution in [3.05, 3.63) is 27.9 Å². The van der Waals surface area contributed by atoms with Crippen molar-refractivity contribution in [2.45, 2.75) is 12.8 Å². The van der Waals surface area contributed by atoms with Gasteiger partial charge in [0.2, 0.25) is 0 Å². The number of halogens is 1. The maximum Gasteiger partial charge on any atom is 0.303 e. The zero-order chi connectivity index (χ0) is 12.4. The highest BCUT2D eigenvalue weighted by atomic mass is 79.9. The van der Waals surface area contributed by atoms with Gasteiger partial charge >= 0.3 is 5.97 Å². The zero-order valence-electron chi connectivity index (χ0n) is 9.18. The van der Waals surface area contributed by atoms with Crippen molar-refractivity contribution < 1.29 is 9.90 Å². The molecule has 1 N–H and O–H groups in total. The van der Waals surface area contributed by atoms with Gasteiger partial charge in [0.25, 0.3) is 0 Å². The Kier molecular flexibility index (Phi) is 3.63. The summed E-state index contributed by atoms with van der Waals surface area (Å²) in [6.45, 7) is 0. The van der Waals surface area contributed by atoms with E-state index in [1.165, 1.54) is 0 Å². The van der Waals surface area contributed by atoms with Gasteiger partial charge in [0, 0.05) is 23.3 Å². The first-order valence-corrected chi connectivity index (χ1v) is 6.72. The molecule has 2 aromatic rings. The van der Waals surface area contributed by atoms with E-state index in [0.717, 1.165) is 20.9 Å². The van der Waals surface area contributed by atoms with Gasteiger partial charge in [-0.15, -0.1) is 11.3 Å². The summed E-state index contributed by atoms with van der Waals surface area (Å²) in [5, 5.41) is 10.7. The fraction of sp³-hybridized carbons (Fsp3) is 0.273. The fourth-order valence-corrected chi connectivity index (χ4v) is 3.05. The number of aliphatic carboxylic acids is 1. The Morgan fingerprint density at radius 1 is 1.65 bits per heavy atom. The highest BCUT2D eigenvalue weighted by Gasteiger charge is 2.11. The van der Waals surface area contributed by atoms with Crippen LogP contribution in [0.15, 0.2) is 22.1 Å². The van der Waals surface area contributed by atoms with Crippen LogP contribution in [0.3, 0.4) is 0 Å². The van der Waals surface area contributed by atoms with E-state index in [2.05, 4.69) is 20.9 Å². The molecule has 0 saturated heterocycles. The molecule has 0 spiro atoms. The third-order valence-electron chi connectivity index (χ3n) is 2.47. The zero-order valence-corrected chi connectivity index (χ0v) is 11.6. The van der Waals surface area contributed by atoms with Gasteiger partial charge in [0.1, 0.15) is 5.82 Å². The first-order valence-electron chi connectivity index (χ1n) is 5.04. The predicted molar refractivity (Wildman–Crippen MR) is 70.2 cm³/mol. The third kappa shape index (κ3) is 2.76. The van der Waals surface area contributed by atoms with E-state index in [1.807, 2.05) is 23.1 Å². The second-order valence-electron chi connectivity index (χ2n) is 3.64. The van der Waals surface area contributed by atoms with Crippen LogP contribution in [0.5, 0.6) is 0 Å². The quantitative estimate of drug-likeness (QED) is 0.944. The summed E-state index contributed by atoms with van der Waals surface area (Å²) in [6.07, 6.45) is 2.35. The van der Waals surface area contributed by atoms with Gasteiger partial charge in [0.15, 0.2) is 0 Å². The van der Waals surface area contributed by atoms with Crippen LogP contribution in [0.4, 0.5) is 0 Å². The molecule has 0 fully saturated rings. The van der Waals surface area contributed by atoms with Gasteiger partial charge in [-0.3, -0.25) is 4.79 Å². The minimum absolute atomic E-state index is 0.110. The number of rotatable bonds is 4. The molecule has 0 aliphatic carbocycles. The van der Waals surface area contributed by atoms with Crippen LogP contribution in [0, 0.1) is 0 Å².